The number of carbonyl (C=O) groups is 1. The standard InChI is InChI=1S/C23H30N2O2/c1-3-24(4-2)22-11-9-21(10-12-22)23(27)25-14-13-20(16-25)15-18-5-7-19(17-26)8-6-18/h5-12,20,26H,3-4,13-17H2,1-2H3/t20-/m0/s1. The van der Waals surface area contributed by atoms with Gasteiger partial charge in [0.05, 0.1) is 6.61 Å². The summed E-state index contributed by atoms with van der Waals surface area (Å²) < 4.78 is 0. The Labute approximate surface area is 162 Å². The van der Waals surface area contributed by atoms with Crippen molar-refractivity contribution in [1.82, 2.24) is 4.90 Å². The molecule has 1 heterocycles. The molecule has 1 aliphatic heterocycles. The lowest BCUT2D eigenvalue weighted by atomic mass is 9.98. The highest BCUT2D eigenvalue weighted by Gasteiger charge is 2.27. The van der Waals surface area contributed by atoms with Crippen molar-refractivity contribution < 1.29 is 9.90 Å². The number of amides is 1. The molecule has 0 saturated carbocycles. The zero-order valence-corrected chi connectivity index (χ0v) is 16.4. The third-order valence-electron chi connectivity index (χ3n) is 5.55. The summed E-state index contributed by atoms with van der Waals surface area (Å²) in [4.78, 5) is 17.1. The molecule has 0 bridgehead atoms. The number of aliphatic hydroxyl groups excluding tert-OH is 1. The molecule has 1 N–H and O–H groups in total. The second-order valence-electron chi connectivity index (χ2n) is 7.30. The normalized spacial score (nSPS) is 16.6. The Morgan fingerprint density at radius 3 is 2.26 bits per heavy atom. The quantitative estimate of drug-likeness (QED) is 0.812. The number of hydrogen-bond donors (Lipinski definition) is 1. The fraction of sp³-hybridized carbons (Fsp3) is 0.435. The van der Waals surface area contributed by atoms with Gasteiger partial charge in [0, 0.05) is 37.4 Å². The lowest BCUT2D eigenvalue weighted by Gasteiger charge is -2.22. The molecule has 1 aliphatic rings. The van der Waals surface area contributed by atoms with E-state index in [4.69, 9.17) is 5.11 Å². The average molecular weight is 367 g/mol. The van der Waals surface area contributed by atoms with Crippen molar-refractivity contribution in [3.05, 3.63) is 65.2 Å². The van der Waals surface area contributed by atoms with Gasteiger partial charge in [0.1, 0.15) is 0 Å². The van der Waals surface area contributed by atoms with Crippen molar-refractivity contribution in [2.24, 2.45) is 5.92 Å². The summed E-state index contributed by atoms with van der Waals surface area (Å²) in [5.41, 5.74) is 4.16. The van der Waals surface area contributed by atoms with Gasteiger partial charge in [-0.1, -0.05) is 24.3 Å². The Kier molecular flexibility index (Phi) is 6.51. The third kappa shape index (κ3) is 4.69. The van der Waals surface area contributed by atoms with Gasteiger partial charge in [-0.3, -0.25) is 4.79 Å². The number of carbonyl (C=O) groups excluding carboxylic acids is 1. The number of rotatable bonds is 7. The second kappa shape index (κ2) is 9.05. The van der Waals surface area contributed by atoms with Gasteiger partial charge in [0.2, 0.25) is 0 Å². The first kappa shape index (κ1) is 19.4. The molecule has 0 spiro atoms. The summed E-state index contributed by atoms with van der Waals surface area (Å²) in [6.07, 6.45) is 2.03. The highest BCUT2D eigenvalue weighted by Crippen LogP contribution is 2.24. The molecule has 2 aromatic carbocycles. The number of likely N-dealkylation sites (tertiary alicyclic amines) is 1. The second-order valence-corrected chi connectivity index (χ2v) is 7.30. The Morgan fingerprint density at radius 2 is 1.67 bits per heavy atom. The molecule has 27 heavy (non-hydrogen) atoms. The smallest absolute Gasteiger partial charge is 0.253 e. The van der Waals surface area contributed by atoms with Crippen LogP contribution < -0.4 is 4.90 Å². The molecular weight excluding hydrogens is 336 g/mol. The molecular formula is C23H30N2O2. The zero-order chi connectivity index (χ0) is 19.2. The lowest BCUT2D eigenvalue weighted by Crippen LogP contribution is -2.29. The Bertz CT molecular complexity index is 736. The first-order chi connectivity index (χ1) is 13.1. The molecule has 2 aromatic rings. The molecule has 1 fully saturated rings. The molecule has 1 atom stereocenters. The molecule has 4 nitrogen and oxygen atoms in total. The average Bonchev–Trinajstić information content (AvgIpc) is 3.18. The van der Waals surface area contributed by atoms with Crippen LogP contribution >= 0.6 is 0 Å². The highest BCUT2D eigenvalue weighted by atomic mass is 16.3. The van der Waals surface area contributed by atoms with Gasteiger partial charge in [-0.15, -0.1) is 0 Å². The Hall–Kier alpha value is -2.33. The highest BCUT2D eigenvalue weighted by molar-refractivity contribution is 5.94. The van der Waals surface area contributed by atoms with Gasteiger partial charge in [-0.05, 0) is 68.0 Å². The summed E-state index contributed by atoms with van der Waals surface area (Å²) in [5, 5.41) is 9.15. The van der Waals surface area contributed by atoms with Crippen LogP contribution in [0.5, 0.6) is 0 Å². The predicted molar refractivity (Wildman–Crippen MR) is 110 cm³/mol. The van der Waals surface area contributed by atoms with Crippen molar-refractivity contribution in [3.63, 3.8) is 0 Å². The monoisotopic (exact) mass is 366 g/mol. The van der Waals surface area contributed by atoms with Crippen LogP contribution in [0.15, 0.2) is 48.5 Å². The van der Waals surface area contributed by atoms with Crippen molar-refractivity contribution in [3.8, 4) is 0 Å². The minimum atomic E-state index is 0.0824. The Morgan fingerprint density at radius 1 is 1.04 bits per heavy atom. The molecule has 0 unspecified atom stereocenters. The zero-order valence-electron chi connectivity index (χ0n) is 16.4. The third-order valence-corrected chi connectivity index (χ3v) is 5.55. The van der Waals surface area contributed by atoms with Crippen LogP contribution in [0.1, 0.15) is 41.8 Å². The summed E-state index contributed by atoms with van der Waals surface area (Å²) in [6, 6.07) is 16.1. The van der Waals surface area contributed by atoms with Crippen LogP contribution in [0.4, 0.5) is 5.69 Å². The van der Waals surface area contributed by atoms with Gasteiger partial charge in [-0.2, -0.15) is 0 Å². The summed E-state index contributed by atoms with van der Waals surface area (Å²) in [7, 11) is 0. The van der Waals surface area contributed by atoms with Gasteiger partial charge in [-0.25, -0.2) is 0 Å². The summed E-state index contributed by atoms with van der Waals surface area (Å²) in [5.74, 6) is 0.642. The number of benzene rings is 2. The van der Waals surface area contributed by atoms with Crippen LogP contribution in [0.3, 0.4) is 0 Å². The van der Waals surface area contributed by atoms with E-state index < -0.39 is 0 Å². The largest absolute Gasteiger partial charge is 0.392 e. The van der Waals surface area contributed by atoms with Crippen LogP contribution in [0, 0.1) is 5.92 Å². The Balaban J connectivity index is 1.58. The van der Waals surface area contributed by atoms with E-state index in [9.17, 15) is 4.79 Å². The maximum atomic E-state index is 12.8. The maximum absolute atomic E-state index is 12.8. The van der Waals surface area contributed by atoms with Crippen LogP contribution in [0.2, 0.25) is 0 Å². The van der Waals surface area contributed by atoms with Crippen LogP contribution in [-0.4, -0.2) is 42.1 Å². The summed E-state index contributed by atoms with van der Waals surface area (Å²) in [6.45, 7) is 7.95. The number of hydrogen-bond acceptors (Lipinski definition) is 3. The molecule has 0 radical (unpaired) electrons. The molecule has 3 rings (SSSR count). The van der Waals surface area contributed by atoms with E-state index in [0.29, 0.717) is 5.92 Å². The number of anilines is 1. The fourth-order valence-electron chi connectivity index (χ4n) is 3.88. The predicted octanol–water partition coefficient (Wildman–Crippen LogP) is 3.73. The molecule has 0 aliphatic carbocycles. The van der Waals surface area contributed by atoms with Crippen LogP contribution in [0.25, 0.3) is 0 Å². The minimum Gasteiger partial charge on any atom is -0.392 e. The van der Waals surface area contributed by atoms with Gasteiger partial charge < -0.3 is 14.9 Å². The van der Waals surface area contributed by atoms with E-state index in [0.717, 1.165) is 50.1 Å². The van der Waals surface area contributed by atoms with E-state index in [-0.39, 0.29) is 12.5 Å². The van der Waals surface area contributed by atoms with Crippen molar-refractivity contribution in [2.75, 3.05) is 31.1 Å². The van der Waals surface area contributed by atoms with E-state index in [1.807, 2.05) is 29.2 Å². The first-order valence-electron chi connectivity index (χ1n) is 9.97. The van der Waals surface area contributed by atoms with E-state index >= 15 is 0 Å². The fourth-order valence-corrected chi connectivity index (χ4v) is 3.88. The van der Waals surface area contributed by atoms with Gasteiger partial charge in [0.25, 0.3) is 5.91 Å². The van der Waals surface area contributed by atoms with E-state index in [1.54, 1.807) is 0 Å². The maximum Gasteiger partial charge on any atom is 0.253 e. The summed E-state index contributed by atoms with van der Waals surface area (Å²) >= 11 is 0. The first-order valence-corrected chi connectivity index (χ1v) is 9.97. The van der Waals surface area contributed by atoms with Gasteiger partial charge in [0.15, 0.2) is 0 Å². The lowest BCUT2D eigenvalue weighted by molar-refractivity contribution is 0.0787. The van der Waals surface area contributed by atoms with Gasteiger partial charge >= 0.3 is 0 Å². The molecule has 1 saturated heterocycles. The van der Waals surface area contributed by atoms with Crippen molar-refractivity contribution >= 4 is 11.6 Å². The minimum absolute atomic E-state index is 0.0824. The molecule has 0 aromatic heterocycles. The topological polar surface area (TPSA) is 43.8 Å². The van der Waals surface area contributed by atoms with Crippen LogP contribution in [-0.2, 0) is 13.0 Å². The molecule has 1 amide bonds. The number of aliphatic hydroxyl groups is 1. The molecule has 4 heteroatoms. The number of nitrogens with zero attached hydrogens (tertiary/aromatic N) is 2. The van der Waals surface area contributed by atoms with E-state index in [2.05, 4.69) is 43.0 Å². The SMILES string of the molecule is CCN(CC)c1ccc(C(=O)N2CC[C@@H](Cc3ccc(CO)cc3)C2)cc1. The van der Waals surface area contributed by atoms with Crippen molar-refractivity contribution in [1.29, 1.82) is 0 Å². The van der Waals surface area contributed by atoms with Crippen molar-refractivity contribution in [2.45, 2.75) is 33.3 Å². The van der Waals surface area contributed by atoms with E-state index in [1.165, 1.54) is 11.3 Å². The molecule has 144 valence electrons.